The van der Waals surface area contributed by atoms with Crippen molar-refractivity contribution in [3.63, 3.8) is 0 Å². The Balaban J connectivity index is 2.71. The summed E-state index contributed by atoms with van der Waals surface area (Å²) in [6.07, 6.45) is 2.18. The van der Waals surface area contributed by atoms with Crippen LogP contribution >= 0.6 is 0 Å². The van der Waals surface area contributed by atoms with Gasteiger partial charge < -0.3 is 11.1 Å². The lowest BCUT2D eigenvalue weighted by Crippen LogP contribution is -2.32. The van der Waals surface area contributed by atoms with Gasteiger partial charge in [0.25, 0.3) is 0 Å². The predicted octanol–water partition coefficient (Wildman–Crippen LogP) is 2.84. The second kappa shape index (κ2) is 7.24. The fourth-order valence-electron chi connectivity index (χ4n) is 2.30. The maximum atomic E-state index is 13.7. The van der Waals surface area contributed by atoms with Gasteiger partial charge in [-0.05, 0) is 31.0 Å². The van der Waals surface area contributed by atoms with Crippen LogP contribution in [0.4, 0.5) is 4.39 Å². The van der Waals surface area contributed by atoms with Crippen LogP contribution in [0.5, 0.6) is 0 Å². The monoisotopic (exact) mass is 266 g/mol. The average Bonchev–Trinajstić information content (AvgIpc) is 2.38. The van der Waals surface area contributed by atoms with Gasteiger partial charge in [-0.15, -0.1) is 0 Å². The smallest absolute Gasteiger partial charge is 0.248 e. The Morgan fingerprint density at radius 2 is 2.00 bits per heavy atom. The van der Waals surface area contributed by atoms with Crippen molar-refractivity contribution in [2.75, 3.05) is 0 Å². The first-order valence-corrected chi connectivity index (χ1v) is 6.81. The van der Waals surface area contributed by atoms with Gasteiger partial charge in [-0.25, -0.2) is 4.39 Å². The molecule has 0 aromatic heterocycles. The largest absolute Gasteiger partial charge is 0.366 e. The number of nitrogens with one attached hydrogen (secondary N) is 1. The number of benzene rings is 1. The minimum absolute atomic E-state index is 0.311. The Bertz CT molecular complexity index is 430. The van der Waals surface area contributed by atoms with Gasteiger partial charge in [-0.3, -0.25) is 4.79 Å². The molecule has 0 spiro atoms. The second-order valence-corrected chi connectivity index (χ2v) is 4.92. The number of rotatable bonds is 7. The molecule has 1 amide bonds. The van der Waals surface area contributed by atoms with Crippen LogP contribution in [-0.2, 0) is 6.54 Å². The number of hydrogen-bond donors (Lipinski definition) is 2. The van der Waals surface area contributed by atoms with Crippen LogP contribution in [0.2, 0.25) is 0 Å². The van der Waals surface area contributed by atoms with E-state index in [1.165, 1.54) is 18.2 Å². The summed E-state index contributed by atoms with van der Waals surface area (Å²) >= 11 is 0. The lowest BCUT2D eigenvalue weighted by molar-refractivity contribution is 0.1000. The number of nitrogens with two attached hydrogens (primary N) is 1. The number of carbonyl (C=O) groups excluding carboxylic acids is 1. The first kappa shape index (κ1) is 15.6. The molecule has 0 saturated carbocycles. The number of hydrogen-bond acceptors (Lipinski definition) is 2. The molecule has 0 radical (unpaired) electrons. The lowest BCUT2D eigenvalue weighted by Gasteiger charge is -2.22. The van der Waals surface area contributed by atoms with E-state index in [-0.39, 0.29) is 5.82 Å². The van der Waals surface area contributed by atoms with Crippen molar-refractivity contribution in [3.05, 3.63) is 35.1 Å². The van der Waals surface area contributed by atoms with Crippen LogP contribution in [0, 0.1) is 11.7 Å². The molecule has 0 fully saturated rings. The summed E-state index contributed by atoms with van der Waals surface area (Å²) in [7, 11) is 0. The molecule has 3 N–H and O–H groups in total. The summed E-state index contributed by atoms with van der Waals surface area (Å²) in [5, 5.41) is 3.32. The molecule has 3 nitrogen and oxygen atoms in total. The fourth-order valence-corrected chi connectivity index (χ4v) is 2.30. The van der Waals surface area contributed by atoms with Crippen molar-refractivity contribution in [2.24, 2.45) is 11.7 Å². The molecule has 1 aromatic rings. The molecular weight excluding hydrogens is 243 g/mol. The topological polar surface area (TPSA) is 55.1 Å². The quantitative estimate of drug-likeness (QED) is 0.797. The Morgan fingerprint density at radius 1 is 1.37 bits per heavy atom. The minimum Gasteiger partial charge on any atom is -0.366 e. The van der Waals surface area contributed by atoms with Crippen molar-refractivity contribution in [2.45, 2.75) is 46.2 Å². The van der Waals surface area contributed by atoms with Crippen LogP contribution in [0.1, 0.15) is 49.5 Å². The molecule has 4 heteroatoms. The molecular formula is C15H23FN2O. The van der Waals surface area contributed by atoms with Gasteiger partial charge in [-0.2, -0.15) is 0 Å². The van der Waals surface area contributed by atoms with Gasteiger partial charge in [0.05, 0.1) is 0 Å². The standard InChI is InChI=1S/C15H23FN2O/c1-4-11(5-2)10(3)18-9-13-8-12(15(17)19)6-7-14(13)16/h6-8,10-11,18H,4-5,9H2,1-3H3,(H2,17,19). The highest BCUT2D eigenvalue weighted by Gasteiger charge is 2.14. The molecule has 0 bridgehead atoms. The SMILES string of the molecule is CCC(CC)C(C)NCc1cc(C(N)=O)ccc1F. The van der Waals surface area contributed by atoms with Gasteiger partial charge in [0.15, 0.2) is 0 Å². The van der Waals surface area contributed by atoms with Gasteiger partial charge >= 0.3 is 0 Å². The molecule has 0 aliphatic carbocycles. The van der Waals surface area contributed by atoms with E-state index in [2.05, 4.69) is 26.1 Å². The fraction of sp³-hybridized carbons (Fsp3) is 0.533. The summed E-state index contributed by atoms with van der Waals surface area (Å²) in [5.74, 6) is -0.272. The Kier molecular flexibility index (Phi) is 5.96. The third-order valence-corrected chi connectivity index (χ3v) is 3.70. The van der Waals surface area contributed by atoms with E-state index in [0.717, 1.165) is 12.8 Å². The highest BCUT2D eigenvalue weighted by molar-refractivity contribution is 5.92. The van der Waals surface area contributed by atoms with E-state index >= 15 is 0 Å². The number of halogens is 1. The van der Waals surface area contributed by atoms with Gasteiger partial charge in [0, 0.05) is 23.7 Å². The molecule has 0 saturated heterocycles. The van der Waals surface area contributed by atoms with Crippen LogP contribution in [0.25, 0.3) is 0 Å². The molecule has 1 rings (SSSR count). The summed E-state index contributed by atoms with van der Waals surface area (Å²) < 4.78 is 13.7. The number of amides is 1. The van der Waals surface area contributed by atoms with Crippen molar-refractivity contribution >= 4 is 5.91 Å². The van der Waals surface area contributed by atoms with E-state index in [9.17, 15) is 9.18 Å². The Hall–Kier alpha value is -1.42. The Morgan fingerprint density at radius 3 is 2.53 bits per heavy atom. The first-order valence-electron chi connectivity index (χ1n) is 6.81. The third kappa shape index (κ3) is 4.31. The van der Waals surface area contributed by atoms with Crippen molar-refractivity contribution in [3.8, 4) is 0 Å². The number of carbonyl (C=O) groups is 1. The van der Waals surface area contributed by atoms with Crippen molar-refractivity contribution < 1.29 is 9.18 Å². The van der Waals surface area contributed by atoms with E-state index in [0.29, 0.717) is 29.6 Å². The predicted molar refractivity (Wildman–Crippen MR) is 75.3 cm³/mol. The summed E-state index contributed by atoms with van der Waals surface area (Å²) in [6.45, 7) is 6.82. The molecule has 1 atom stereocenters. The van der Waals surface area contributed by atoms with Gasteiger partial charge in [-0.1, -0.05) is 26.7 Å². The normalized spacial score (nSPS) is 12.7. The number of primary amides is 1. The van der Waals surface area contributed by atoms with Crippen LogP contribution in [0.15, 0.2) is 18.2 Å². The highest BCUT2D eigenvalue weighted by atomic mass is 19.1. The summed E-state index contributed by atoms with van der Waals surface area (Å²) in [5.41, 5.74) is 6.02. The van der Waals surface area contributed by atoms with E-state index in [1.54, 1.807) is 0 Å². The maximum Gasteiger partial charge on any atom is 0.248 e. The Labute approximate surface area is 114 Å². The van der Waals surface area contributed by atoms with Crippen LogP contribution < -0.4 is 11.1 Å². The summed E-state index contributed by atoms with van der Waals surface area (Å²) in [6, 6.07) is 4.53. The molecule has 0 aliphatic rings. The second-order valence-electron chi connectivity index (χ2n) is 4.92. The van der Waals surface area contributed by atoms with Crippen LogP contribution in [-0.4, -0.2) is 11.9 Å². The summed E-state index contributed by atoms with van der Waals surface area (Å²) in [4.78, 5) is 11.1. The molecule has 106 valence electrons. The zero-order valence-electron chi connectivity index (χ0n) is 11.9. The third-order valence-electron chi connectivity index (χ3n) is 3.70. The average molecular weight is 266 g/mol. The maximum absolute atomic E-state index is 13.7. The van der Waals surface area contributed by atoms with Gasteiger partial charge in [0.1, 0.15) is 5.82 Å². The van der Waals surface area contributed by atoms with E-state index in [4.69, 9.17) is 5.73 Å². The highest BCUT2D eigenvalue weighted by Crippen LogP contribution is 2.15. The molecule has 19 heavy (non-hydrogen) atoms. The van der Waals surface area contributed by atoms with Crippen LogP contribution in [0.3, 0.4) is 0 Å². The van der Waals surface area contributed by atoms with E-state index < -0.39 is 5.91 Å². The molecule has 0 aliphatic heterocycles. The zero-order valence-corrected chi connectivity index (χ0v) is 11.9. The molecule has 0 heterocycles. The minimum atomic E-state index is -0.533. The molecule has 1 aromatic carbocycles. The van der Waals surface area contributed by atoms with E-state index in [1.807, 2.05) is 0 Å². The van der Waals surface area contributed by atoms with Crippen molar-refractivity contribution in [1.29, 1.82) is 0 Å². The lowest BCUT2D eigenvalue weighted by atomic mass is 9.95. The van der Waals surface area contributed by atoms with Crippen molar-refractivity contribution in [1.82, 2.24) is 5.32 Å². The molecule has 1 unspecified atom stereocenters. The first-order chi connectivity index (χ1) is 8.99. The van der Waals surface area contributed by atoms with Gasteiger partial charge in [0.2, 0.25) is 5.91 Å². The zero-order chi connectivity index (χ0) is 14.4.